The molecular weight excluding hydrogens is 803 g/mol. The lowest BCUT2D eigenvalue weighted by molar-refractivity contribution is 1.07. The second kappa shape index (κ2) is 14.3. The fourth-order valence-corrected chi connectivity index (χ4v) is 10.3. The molecule has 0 saturated carbocycles. The smallest absolute Gasteiger partial charge is 0.164 e. The van der Waals surface area contributed by atoms with E-state index >= 15 is 0 Å². The molecule has 66 heavy (non-hydrogen) atoms. The monoisotopic (exact) mass is 839 g/mol. The minimum atomic E-state index is 0.624. The Labute approximate surface area is 379 Å². The molecule has 0 aliphatic carbocycles. The lowest BCUT2D eigenvalue weighted by Crippen LogP contribution is -2.01. The Bertz CT molecular complexity index is 4280. The molecule has 14 aromatic rings. The number of fused-ring (bicyclic) bond motifs is 11. The quantitative estimate of drug-likeness (QED) is 0.162. The highest BCUT2D eigenvalue weighted by molar-refractivity contribution is 6.16. The van der Waals surface area contributed by atoms with Crippen LogP contribution in [0.15, 0.2) is 224 Å². The first kappa shape index (κ1) is 36.5. The maximum Gasteiger partial charge on any atom is 0.164 e. The first-order chi connectivity index (χ1) is 32.7. The van der Waals surface area contributed by atoms with Crippen LogP contribution in [0.5, 0.6) is 0 Å². The molecule has 0 unspecified atom stereocenters. The van der Waals surface area contributed by atoms with Gasteiger partial charge < -0.3 is 9.13 Å². The van der Waals surface area contributed by atoms with Crippen molar-refractivity contribution in [1.82, 2.24) is 24.1 Å². The lowest BCUT2D eigenvalue weighted by atomic mass is 10.00. The molecule has 0 radical (unpaired) electrons. The van der Waals surface area contributed by atoms with Gasteiger partial charge in [-0.15, -0.1) is 0 Å². The van der Waals surface area contributed by atoms with Crippen molar-refractivity contribution in [2.75, 3.05) is 0 Å². The molecule has 5 nitrogen and oxygen atoms in total. The molecule has 11 aromatic carbocycles. The van der Waals surface area contributed by atoms with Crippen LogP contribution < -0.4 is 0 Å². The highest BCUT2D eigenvalue weighted by Gasteiger charge is 2.19. The molecule has 0 amide bonds. The molecule has 0 spiro atoms. The van der Waals surface area contributed by atoms with Crippen molar-refractivity contribution in [3.8, 4) is 45.5 Å². The zero-order valence-electron chi connectivity index (χ0n) is 35.6. The molecule has 3 aromatic heterocycles. The van der Waals surface area contributed by atoms with Crippen molar-refractivity contribution in [2.24, 2.45) is 0 Å². The molecule has 3 heterocycles. The van der Waals surface area contributed by atoms with E-state index in [2.05, 4.69) is 215 Å². The van der Waals surface area contributed by atoms with E-state index in [1.54, 1.807) is 0 Å². The van der Waals surface area contributed by atoms with Crippen LogP contribution in [0.25, 0.3) is 132 Å². The van der Waals surface area contributed by atoms with Crippen molar-refractivity contribution >= 4 is 86.7 Å². The first-order valence-electron chi connectivity index (χ1n) is 22.4. The van der Waals surface area contributed by atoms with Gasteiger partial charge in [0, 0.05) is 49.6 Å². The lowest BCUT2D eigenvalue weighted by Gasteiger charge is -2.13. The molecule has 0 aliphatic heterocycles. The minimum absolute atomic E-state index is 0.624. The topological polar surface area (TPSA) is 48.5 Å². The van der Waals surface area contributed by atoms with Gasteiger partial charge in [0.2, 0.25) is 0 Å². The molecule has 0 aliphatic rings. The molecule has 14 rings (SSSR count). The number of aromatic nitrogens is 5. The van der Waals surface area contributed by atoms with Gasteiger partial charge >= 0.3 is 0 Å². The minimum Gasteiger partial charge on any atom is -0.309 e. The SMILES string of the molecule is c1ccc(-c2nc(-c3ccc(-n4c5cc(-n6c7ccccc7c7cc8ccccc8cc76)ccc5c5cc6ccccc6cc54)cc3)nc(-c3ccc4c(ccc5ccccc54)c3)n2)cc1. The van der Waals surface area contributed by atoms with Crippen molar-refractivity contribution in [2.45, 2.75) is 0 Å². The Balaban J connectivity index is 0.946. The predicted octanol–water partition coefficient (Wildman–Crippen LogP) is 15.7. The van der Waals surface area contributed by atoms with E-state index in [9.17, 15) is 0 Å². The van der Waals surface area contributed by atoms with Gasteiger partial charge in [0.1, 0.15) is 0 Å². The van der Waals surface area contributed by atoms with E-state index in [4.69, 9.17) is 15.0 Å². The van der Waals surface area contributed by atoms with Crippen LogP contribution in [0.4, 0.5) is 0 Å². The highest BCUT2D eigenvalue weighted by atomic mass is 15.0. The van der Waals surface area contributed by atoms with Gasteiger partial charge in [-0.25, -0.2) is 15.0 Å². The van der Waals surface area contributed by atoms with E-state index < -0.39 is 0 Å². The zero-order chi connectivity index (χ0) is 43.3. The van der Waals surface area contributed by atoms with Gasteiger partial charge in [-0.05, 0) is 116 Å². The van der Waals surface area contributed by atoms with E-state index in [-0.39, 0.29) is 0 Å². The summed E-state index contributed by atoms with van der Waals surface area (Å²) in [6.07, 6.45) is 0. The zero-order valence-corrected chi connectivity index (χ0v) is 35.6. The summed E-state index contributed by atoms with van der Waals surface area (Å²) in [5, 5.41) is 14.6. The average molecular weight is 840 g/mol. The van der Waals surface area contributed by atoms with Crippen LogP contribution in [-0.2, 0) is 0 Å². The molecular formula is C61H37N5. The number of nitrogens with zero attached hydrogens (tertiary/aromatic N) is 5. The summed E-state index contributed by atoms with van der Waals surface area (Å²) in [4.78, 5) is 15.4. The van der Waals surface area contributed by atoms with Gasteiger partial charge in [-0.2, -0.15) is 0 Å². The van der Waals surface area contributed by atoms with Crippen LogP contribution in [0.1, 0.15) is 0 Å². The molecule has 0 fully saturated rings. The van der Waals surface area contributed by atoms with Crippen molar-refractivity contribution in [3.05, 3.63) is 224 Å². The van der Waals surface area contributed by atoms with Crippen molar-refractivity contribution in [3.63, 3.8) is 0 Å². The molecule has 0 atom stereocenters. The average Bonchev–Trinajstić information content (AvgIpc) is 3.88. The Morgan fingerprint density at radius 2 is 0.667 bits per heavy atom. The van der Waals surface area contributed by atoms with Crippen LogP contribution in [0.3, 0.4) is 0 Å². The van der Waals surface area contributed by atoms with Gasteiger partial charge in [0.15, 0.2) is 17.5 Å². The number of hydrogen-bond donors (Lipinski definition) is 0. The third-order valence-electron chi connectivity index (χ3n) is 13.5. The third-order valence-corrected chi connectivity index (χ3v) is 13.5. The van der Waals surface area contributed by atoms with E-state index in [0.717, 1.165) is 44.5 Å². The largest absolute Gasteiger partial charge is 0.309 e. The maximum atomic E-state index is 5.17. The summed E-state index contributed by atoms with van der Waals surface area (Å²) in [6, 6.07) is 80.7. The molecule has 0 N–H and O–H groups in total. The summed E-state index contributed by atoms with van der Waals surface area (Å²) in [6.45, 7) is 0. The van der Waals surface area contributed by atoms with Crippen LogP contribution >= 0.6 is 0 Å². The third kappa shape index (κ3) is 5.70. The Morgan fingerprint density at radius 3 is 1.35 bits per heavy atom. The van der Waals surface area contributed by atoms with Gasteiger partial charge in [-0.1, -0.05) is 152 Å². The van der Waals surface area contributed by atoms with E-state index in [1.165, 1.54) is 70.3 Å². The molecule has 306 valence electrons. The molecule has 0 bridgehead atoms. The maximum absolute atomic E-state index is 5.17. The number of para-hydroxylation sites is 1. The van der Waals surface area contributed by atoms with Crippen molar-refractivity contribution in [1.29, 1.82) is 0 Å². The molecule has 0 saturated heterocycles. The normalized spacial score (nSPS) is 11.9. The summed E-state index contributed by atoms with van der Waals surface area (Å²) < 4.78 is 4.85. The van der Waals surface area contributed by atoms with E-state index in [0.29, 0.717) is 17.5 Å². The number of benzene rings is 11. The first-order valence-corrected chi connectivity index (χ1v) is 22.4. The summed E-state index contributed by atoms with van der Waals surface area (Å²) in [7, 11) is 0. The fourth-order valence-electron chi connectivity index (χ4n) is 10.3. The summed E-state index contributed by atoms with van der Waals surface area (Å²) in [5.41, 5.74) is 9.63. The Morgan fingerprint density at radius 1 is 0.227 bits per heavy atom. The van der Waals surface area contributed by atoms with Crippen LogP contribution in [0.2, 0.25) is 0 Å². The second-order valence-corrected chi connectivity index (χ2v) is 17.3. The number of hydrogen-bond acceptors (Lipinski definition) is 3. The van der Waals surface area contributed by atoms with E-state index in [1.807, 2.05) is 18.2 Å². The Hall–Kier alpha value is -8.93. The van der Waals surface area contributed by atoms with Crippen molar-refractivity contribution < 1.29 is 0 Å². The standard InChI is InChI=1S/C61H37N5/c1-2-13-39(14-3-1)59-62-60(64-61(63-59)46-26-30-50-45(32-46)23-22-38-12-8-9-19-49(38)50)40-24-27-47(28-25-40)65-56-35-43-17-6-5-16-42(43)34-54(56)52-31-29-48(37-58(52)65)66-55-21-11-10-20-51(55)53-33-41-15-4-7-18-44(41)36-57(53)66/h1-37H. The van der Waals surface area contributed by atoms with Gasteiger partial charge in [0.25, 0.3) is 0 Å². The second-order valence-electron chi connectivity index (χ2n) is 17.3. The fraction of sp³-hybridized carbons (Fsp3) is 0. The summed E-state index contributed by atoms with van der Waals surface area (Å²) in [5.74, 6) is 1.90. The molecule has 5 heteroatoms. The Kier molecular flexibility index (Phi) is 7.91. The predicted molar refractivity (Wildman–Crippen MR) is 275 cm³/mol. The summed E-state index contributed by atoms with van der Waals surface area (Å²) >= 11 is 0. The van der Waals surface area contributed by atoms with Gasteiger partial charge in [0.05, 0.1) is 22.1 Å². The number of rotatable bonds is 5. The highest BCUT2D eigenvalue weighted by Crippen LogP contribution is 2.40. The van der Waals surface area contributed by atoms with Crippen LogP contribution in [0, 0.1) is 0 Å². The van der Waals surface area contributed by atoms with Crippen LogP contribution in [-0.4, -0.2) is 24.1 Å². The van der Waals surface area contributed by atoms with Gasteiger partial charge in [-0.3, -0.25) is 0 Å².